The molecule has 0 aromatic heterocycles. The van der Waals surface area contributed by atoms with Crippen molar-refractivity contribution in [1.82, 2.24) is 0 Å². The van der Waals surface area contributed by atoms with Gasteiger partial charge in [0.2, 0.25) is 0 Å². The fourth-order valence-corrected chi connectivity index (χ4v) is 1.86. The number of urea groups is 1. The van der Waals surface area contributed by atoms with Crippen LogP contribution < -0.4 is 10.6 Å². The lowest BCUT2D eigenvalue weighted by molar-refractivity contribution is -0.137. The van der Waals surface area contributed by atoms with Crippen LogP contribution in [0.25, 0.3) is 0 Å². The summed E-state index contributed by atoms with van der Waals surface area (Å²) in [6, 6.07) is 5.62. The number of carboxylic acid groups (broad SMARTS) is 1. The Kier molecular flexibility index (Phi) is 4.72. The minimum absolute atomic E-state index is 0.138. The van der Waals surface area contributed by atoms with Crippen molar-refractivity contribution in [2.75, 3.05) is 10.6 Å². The van der Waals surface area contributed by atoms with Crippen LogP contribution in [-0.2, 0) is 6.18 Å². The van der Waals surface area contributed by atoms with Crippen molar-refractivity contribution >= 4 is 23.4 Å². The first-order chi connectivity index (χ1) is 11.2. The van der Waals surface area contributed by atoms with Crippen LogP contribution >= 0.6 is 0 Å². The largest absolute Gasteiger partial charge is 0.478 e. The highest BCUT2D eigenvalue weighted by molar-refractivity contribution is 6.04. The maximum atomic E-state index is 13.0. The van der Waals surface area contributed by atoms with Crippen molar-refractivity contribution in [2.45, 2.75) is 6.18 Å². The Morgan fingerprint density at radius 2 is 1.71 bits per heavy atom. The standard InChI is InChI=1S/C15H10F4N2O3/c16-9-4-5-12(11(7-9)13(22)23)21-14(24)20-10-3-1-2-8(6-10)15(17,18)19/h1-7H,(H,22,23)(H2,20,21,24). The Morgan fingerprint density at radius 3 is 2.33 bits per heavy atom. The minimum atomic E-state index is -4.57. The summed E-state index contributed by atoms with van der Waals surface area (Å²) in [5.41, 5.74) is -1.78. The van der Waals surface area contributed by atoms with Crippen LogP contribution in [0.5, 0.6) is 0 Å². The molecule has 0 radical (unpaired) electrons. The molecule has 2 aromatic rings. The maximum absolute atomic E-state index is 13.0. The molecule has 2 rings (SSSR count). The number of rotatable bonds is 3. The van der Waals surface area contributed by atoms with E-state index in [0.29, 0.717) is 6.07 Å². The molecule has 0 saturated carbocycles. The Hall–Kier alpha value is -3.10. The lowest BCUT2D eigenvalue weighted by Gasteiger charge is -2.12. The number of halogens is 4. The summed E-state index contributed by atoms with van der Waals surface area (Å²) in [7, 11) is 0. The average Bonchev–Trinajstić information content (AvgIpc) is 2.48. The molecule has 0 saturated heterocycles. The monoisotopic (exact) mass is 342 g/mol. The normalized spacial score (nSPS) is 11.0. The maximum Gasteiger partial charge on any atom is 0.416 e. The van der Waals surface area contributed by atoms with Crippen LogP contribution in [0.1, 0.15) is 15.9 Å². The smallest absolute Gasteiger partial charge is 0.416 e. The topological polar surface area (TPSA) is 78.4 Å². The first-order valence-corrected chi connectivity index (χ1v) is 6.45. The van der Waals surface area contributed by atoms with Gasteiger partial charge in [0.05, 0.1) is 16.8 Å². The second-order valence-electron chi connectivity index (χ2n) is 4.65. The Morgan fingerprint density at radius 1 is 1.00 bits per heavy atom. The molecule has 0 heterocycles. The zero-order valence-corrected chi connectivity index (χ0v) is 11.8. The van der Waals surface area contributed by atoms with E-state index in [1.165, 1.54) is 6.07 Å². The highest BCUT2D eigenvalue weighted by atomic mass is 19.4. The third-order valence-electron chi connectivity index (χ3n) is 2.91. The van der Waals surface area contributed by atoms with Crippen molar-refractivity contribution in [2.24, 2.45) is 0 Å². The van der Waals surface area contributed by atoms with Crippen molar-refractivity contribution in [1.29, 1.82) is 0 Å². The van der Waals surface area contributed by atoms with Crippen LogP contribution in [0.3, 0.4) is 0 Å². The lowest BCUT2D eigenvalue weighted by atomic mass is 10.1. The number of carbonyl (C=O) groups excluding carboxylic acids is 1. The first-order valence-electron chi connectivity index (χ1n) is 6.45. The number of alkyl halides is 3. The molecule has 24 heavy (non-hydrogen) atoms. The van der Waals surface area contributed by atoms with Crippen LogP contribution in [-0.4, -0.2) is 17.1 Å². The van der Waals surface area contributed by atoms with Crippen molar-refractivity contribution in [3.63, 3.8) is 0 Å². The molecule has 0 aliphatic carbocycles. The number of nitrogens with one attached hydrogen (secondary N) is 2. The van der Waals surface area contributed by atoms with Crippen LogP contribution in [0.2, 0.25) is 0 Å². The van der Waals surface area contributed by atoms with Crippen molar-refractivity contribution < 1.29 is 32.3 Å². The predicted molar refractivity (Wildman–Crippen MR) is 77.4 cm³/mol. The summed E-state index contributed by atoms with van der Waals surface area (Å²) in [6.07, 6.45) is -4.57. The number of anilines is 2. The lowest BCUT2D eigenvalue weighted by Crippen LogP contribution is -2.21. The molecule has 0 bridgehead atoms. The Labute approximate surface area is 132 Å². The van der Waals surface area contributed by atoms with E-state index in [1.807, 2.05) is 0 Å². The first kappa shape index (κ1) is 17.3. The molecule has 3 N–H and O–H groups in total. The number of hydrogen-bond acceptors (Lipinski definition) is 2. The van der Waals surface area contributed by atoms with E-state index in [9.17, 15) is 27.2 Å². The summed E-state index contributed by atoms with van der Waals surface area (Å²) in [5.74, 6) is -2.28. The van der Waals surface area contributed by atoms with Crippen LogP contribution in [0.4, 0.5) is 33.7 Å². The summed E-state index contributed by atoms with van der Waals surface area (Å²) < 4.78 is 50.9. The predicted octanol–water partition coefficient (Wildman–Crippen LogP) is 4.19. The van der Waals surface area contributed by atoms with Gasteiger partial charge in [-0.05, 0) is 36.4 Å². The number of carbonyl (C=O) groups is 2. The second-order valence-corrected chi connectivity index (χ2v) is 4.65. The Bertz CT molecular complexity index is 791. The second kappa shape index (κ2) is 6.57. The van der Waals surface area contributed by atoms with E-state index in [1.54, 1.807) is 0 Å². The van der Waals surface area contributed by atoms with E-state index >= 15 is 0 Å². The minimum Gasteiger partial charge on any atom is -0.478 e. The van der Waals surface area contributed by atoms with Crippen LogP contribution in [0.15, 0.2) is 42.5 Å². The van der Waals surface area contributed by atoms with Gasteiger partial charge in [-0.1, -0.05) is 6.07 Å². The molecule has 126 valence electrons. The molecule has 5 nitrogen and oxygen atoms in total. The van der Waals surface area contributed by atoms with Crippen molar-refractivity contribution in [3.05, 3.63) is 59.4 Å². The molecule has 2 amide bonds. The summed E-state index contributed by atoms with van der Waals surface area (Å²) in [6.45, 7) is 0. The van der Waals surface area contributed by atoms with Gasteiger partial charge in [-0.15, -0.1) is 0 Å². The zero-order valence-electron chi connectivity index (χ0n) is 11.8. The number of amides is 2. The molecule has 9 heteroatoms. The molecule has 0 fully saturated rings. The van der Waals surface area contributed by atoms with Gasteiger partial charge in [-0.3, -0.25) is 0 Å². The molecule has 0 spiro atoms. The van der Waals surface area contributed by atoms with Gasteiger partial charge in [0.15, 0.2) is 0 Å². The van der Waals surface area contributed by atoms with Gasteiger partial charge in [0.1, 0.15) is 5.82 Å². The van der Waals surface area contributed by atoms with Crippen LogP contribution in [0, 0.1) is 5.82 Å². The Balaban J connectivity index is 2.16. The summed E-state index contributed by atoms with van der Waals surface area (Å²) in [4.78, 5) is 22.8. The van der Waals surface area contributed by atoms with E-state index in [4.69, 9.17) is 5.11 Å². The van der Waals surface area contributed by atoms with E-state index in [0.717, 1.165) is 30.3 Å². The molecular weight excluding hydrogens is 332 g/mol. The van der Waals surface area contributed by atoms with Gasteiger partial charge in [-0.2, -0.15) is 13.2 Å². The number of aromatic carboxylic acids is 1. The fourth-order valence-electron chi connectivity index (χ4n) is 1.86. The molecule has 0 atom stereocenters. The number of benzene rings is 2. The van der Waals surface area contributed by atoms with Crippen molar-refractivity contribution in [3.8, 4) is 0 Å². The van der Waals surface area contributed by atoms with Gasteiger partial charge >= 0.3 is 18.2 Å². The molecule has 2 aromatic carbocycles. The zero-order chi connectivity index (χ0) is 17.9. The average molecular weight is 342 g/mol. The SMILES string of the molecule is O=C(Nc1cccc(C(F)(F)F)c1)Nc1ccc(F)cc1C(=O)O. The van der Waals surface area contributed by atoms with E-state index < -0.39 is 35.1 Å². The summed E-state index contributed by atoms with van der Waals surface area (Å²) >= 11 is 0. The molecular formula is C15H10F4N2O3. The highest BCUT2D eigenvalue weighted by Crippen LogP contribution is 2.30. The van der Waals surface area contributed by atoms with Gasteiger partial charge < -0.3 is 15.7 Å². The quantitative estimate of drug-likeness (QED) is 0.732. The third kappa shape index (κ3) is 4.22. The molecule has 0 aliphatic heterocycles. The number of hydrogen-bond donors (Lipinski definition) is 3. The third-order valence-corrected chi connectivity index (χ3v) is 2.91. The molecule has 0 unspecified atom stereocenters. The van der Waals surface area contributed by atoms with E-state index in [-0.39, 0.29) is 11.4 Å². The summed E-state index contributed by atoms with van der Waals surface area (Å²) in [5, 5.41) is 13.2. The highest BCUT2D eigenvalue weighted by Gasteiger charge is 2.30. The van der Waals surface area contributed by atoms with Gasteiger partial charge in [0, 0.05) is 5.69 Å². The number of carboxylic acids is 1. The fraction of sp³-hybridized carbons (Fsp3) is 0.0667. The van der Waals surface area contributed by atoms with Gasteiger partial charge in [0.25, 0.3) is 0 Å². The van der Waals surface area contributed by atoms with E-state index in [2.05, 4.69) is 10.6 Å². The van der Waals surface area contributed by atoms with Gasteiger partial charge in [-0.25, -0.2) is 14.0 Å². The molecule has 0 aliphatic rings.